The third-order valence-corrected chi connectivity index (χ3v) is 7.41. The van der Waals surface area contributed by atoms with Crippen LogP contribution in [0.5, 0.6) is 5.75 Å². The second-order valence-corrected chi connectivity index (χ2v) is 9.90. The van der Waals surface area contributed by atoms with Gasteiger partial charge < -0.3 is 9.64 Å². The molecule has 2 atom stereocenters. The minimum absolute atomic E-state index is 0.293. The molecule has 0 aromatic heterocycles. The van der Waals surface area contributed by atoms with E-state index in [1.165, 1.54) is 18.5 Å². The molecule has 5 nitrogen and oxygen atoms in total. The molecule has 0 bridgehead atoms. The number of ether oxygens (including phenoxy) is 1. The van der Waals surface area contributed by atoms with Crippen molar-refractivity contribution in [3.8, 4) is 5.75 Å². The van der Waals surface area contributed by atoms with E-state index in [1.54, 1.807) is 26.2 Å². The molecule has 1 heterocycles. The van der Waals surface area contributed by atoms with Crippen molar-refractivity contribution in [3.05, 3.63) is 53.1 Å². The lowest BCUT2D eigenvalue weighted by molar-refractivity contribution is 0.411. The summed E-state index contributed by atoms with van der Waals surface area (Å²) in [5, 5.41) is 0. The predicted octanol–water partition coefficient (Wildman–Crippen LogP) is 4.59. The van der Waals surface area contributed by atoms with E-state index in [4.69, 9.17) is 4.74 Å². The number of hydrogen-bond donors (Lipinski definition) is 1. The quantitative estimate of drug-likeness (QED) is 0.748. The van der Waals surface area contributed by atoms with Gasteiger partial charge in [0.05, 0.1) is 12.0 Å². The number of aryl methyl sites for hydroxylation is 2. The zero-order valence-electron chi connectivity index (χ0n) is 18.0. The van der Waals surface area contributed by atoms with Crippen molar-refractivity contribution >= 4 is 15.7 Å². The van der Waals surface area contributed by atoms with Crippen LogP contribution in [0.15, 0.2) is 41.3 Å². The Morgan fingerprint density at radius 2 is 1.83 bits per heavy atom. The molecule has 1 saturated heterocycles. The Morgan fingerprint density at radius 1 is 1.14 bits per heavy atom. The standard InChI is InChI=1S/C23H32N2O3S/c1-16-7-6-12-25(15-16)21-10-8-20(9-11-21)19(4)24-29(26,27)23-14-17(2)22(28-5)13-18(23)3/h8-11,13-14,16,19,24H,6-7,12,15H2,1-5H3/t16-,19-/m1/s1. The number of nitrogens with one attached hydrogen (secondary N) is 1. The first kappa shape index (κ1) is 21.7. The summed E-state index contributed by atoms with van der Waals surface area (Å²) in [7, 11) is -2.05. The molecule has 0 spiro atoms. The molecule has 1 aliphatic rings. The van der Waals surface area contributed by atoms with Gasteiger partial charge in [0.2, 0.25) is 10.0 Å². The van der Waals surface area contributed by atoms with Crippen LogP contribution in [-0.4, -0.2) is 28.6 Å². The van der Waals surface area contributed by atoms with Gasteiger partial charge in [-0.1, -0.05) is 19.1 Å². The summed E-state index contributed by atoms with van der Waals surface area (Å²) in [6.45, 7) is 9.97. The van der Waals surface area contributed by atoms with Gasteiger partial charge in [0.1, 0.15) is 5.75 Å². The van der Waals surface area contributed by atoms with Crippen LogP contribution in [0.3, 0.4) is 0 Å². The Hall–Kier alpha value is -2.05. The number of sulfonamides is 1. The van der Waals surface area contributed by atoms with Gasteiger partial charge in [-0.15, -0.1) is 0 Å². The topological polar surface area (TPSA) is 58.6 Å². The third kappa shape index (κ3) is 4.93. The van der Waals surface area contributed by atoms with Crippen LogP contribution in [0.4, 0.5) is 5.69 Å². The van der Waals surface area contributed by atoms with Crippen molar-refractivity contribution in [2.24, 2.45) is 5.92 Å². The smallest absolute Gasteiger partial charge is 0.241 e. The molecule has 1 fully saturated rings. The fourth-order valence-corrected chi connectivity index (χ4v) is 5.58. The molecule has 1 N–H and O–H groups in total. The van der Waals surface area contributed by atoms with E-state index in [2.05, 4.69) is 28.7 Å². The van der Waals surface area contributed by atoms with E-state index < -0.39 is 10.0 Å². The van der Waals surface area contributed by atoms with Crippen molar-refractivity contribution in [1.82, 2.24) is 4.72 Å². The van der Waals surface area contributed by atoms with Gasteiger partial charge >= 0.3 is 0 Å². The molecule has 2 aromatic carbocycles. The second-order valence-electron chi connectivity index (χ2n) is 8.22. The molecule has 3 rings (SSSR count). The first-order chi connectivity index (χ1) is 13.7. The fourth-order valence-electron chi connectivity index (χ4n) is 4.03. The average Bonchev–Trinajstić information content (AvgIpc) is 2.69. The minimum atomic E-state index is -3.64. The molecular weight excluding hydrogens is 384 g/mol. The Morgan fingerprint density at radius 3 is 2.45 bits per heavy atom. The van der Waals surface area contributed by atoms with E-state index in [0.717, 1.165) is 24.2 Å². The normalized spacial score (nSPS) is 18.5. The summed E-state index contributed by atoms with van der Waals surface area (Å²) in [5.41, 5.74) is 3.62. The number of rotatable bonds is 6. The fraction of sp³-hybridized carbons (Fsp3) is 0.478. The van der Waals surface area contributed by atoms with Gasteiger partial charge in [0.15, 0.2) is 0 Å². The Bertz CT molecular complexity index is 955. The van der Waals surface area contributed by atoms with Crippen LogP contribution in [0.25, 0.3) is 0 Å². The first-order valence-corrected chi connectivity index (χ1v) is 11.7. The summed E-state index contributed by atoms with van der Waals surface area (Å²) >= 11 is 0. The van der Waals surface area contributed by atoms with Crippen LogP contribution < -0.4 is 14.4 Å². The van der Waals surface area contributed by atoms with Gasteiger partial charge in [-0.25, -0.2) is 13.1 Å². The second kappa shape index (κ2) is 8.76. The number of methoxy groups -OCH3 is 1. The average molecular weight is 417 g/mol. The summed E-state index contributed by atoms with van der Waals surface area (Å²) in [6.07, 6.45) is 2.51. The molecule has 0 radical (unpaired) electrons. The van der Waals surface area contributed by atoms with Crippen molar-refractivity contribution in [1.29, 1.82) is 0 Å². The number of hydrogen-bond acceptors (Lipinski definition) is 4. The monoisotopic (exact) mass is 416 g/mol. The van der Waals surface area contributed by atoms with Crippen LogP contribution in [0, 0.1) is 19.8 Å². The van der Waals surface area contributed by atoms with Crippen LogP contribution in [-0.2, 0) is 10.0 Å². The SMILES string of the molecule is COc1cc(C)c(S(=O)(=O)N[C@H](C)c2ccc(N3CCC[C@@H](C)C3)cc2)cc1C. The maximum Gasteiger partial charge on any atom is 0.241 e. The Labute approximate surface area is 175 Å². The van der Waals surface area contributed by atoms with Crippen LogP contribution in [0.2, 0.25) is 0 Å². The Kier molecular flexibility index (Phi) is 6.54. The highest BCUT2D eigenvalue weighted by Crippen LogP contribution is 2.28. The largest absolute Gasteiger partial charge is 0.496 e. The molecule has 158 valence electrons. The highest BCUT2D eigenvalue weighted by atomic mass is 32.2. The van der Waals surface area contributed by atoms with E-state index in [-0.39, 0.29) is 6.04 Å². The molecule has 29 heavy (non-hydrogen) atoms. The van der Waals surface area contributed by atoms with E-state index in [0.29, 0.717) is 22.1 Å². The highest BCUT2D eigenvalue weighted by molar-refractivity contribution is 7.89. The number of nitrogens with zero attached hydrogens (tertiary/aromatic N) is 1. The lowest BCUT2D eigenvalue weighted by atomic mass is 9.99. The Balaban J connectivity index is 1.75. The summed E-state index contributed by atoms with van der Waals surface area (Å²) in [5.74, 6) is 1.41. The summed E-state index contributed by atoms with van der Waals surface area (Å²) in [6, 6.07) is 11.4. The van der Waals surface area contributed by atoms with E-state index >= 15 is 0 Å². The lowest BCUT2D eigenvalue weighted by Gasteiger charge is -2.33. The van der Waals surface area contributed by atoms with Crippen molar-refractivity contribution < 1.29 is 13.2 Å². The zero-order chi connectivity index (χ0) is 21.2. The maximum atomic E-state index is 13.0. The minimum Gasteiger partial charge on any atom is -0.496 e. The van der Waals surface area contributed by atoms with E-state index in [1.807, 2.05) is 26.0 Å². The predicted molar refractivity (Wildman–Crippen MR) is 118 cm³/mol. The number of benzene rings is 2. The molecule has 0 amide bonds. The van der Waals surface area contributed by atoms with Crippen molar-refractivity contribution in [2.45, 2.75) is 51.5 Å². The highest BCUT2D eigenvalue weighted by Gasteiger charge is 2.22. The first-order valence-electron chi connectivity index (χ1n) is 10.2. The number of piperidine rings is 1. The lowest BCUT2D eigenvalue weighted by Crippen LogP contribution is -2.34. The van der Waals surface area contributed by atoms with Crippen LogP contribution >= 0.6 is 0 Å². The summed E-state index contributed by atoms with van der Waals surface area (Å²) < 4.78 is 34.1. The number of anilines is 1. The molecule has 0 aliphatic carbocycles. The van der Waals surface area contributed by atoms with Gasteiger partial charge in [0.25, 0.3) is 0 Å². The summed E-state index contributed by atoms with van der Waals surface area (Å²) in [4.78, 5) is 2.71. The third-order valence-electron chi connectivity index (χ3n) is 5.73. The van der Waals surface area contributed by atoms with Gasteiger partial charge in [0, 0.05) is 24.8 Å². The van der Waals surface area contributed by atoms with Gasteiger partial charge in [-0.2, -0.15) is 0 Å². The van der Waals surface area contributed by atoms with E-state index in [9.17, 15) is 8.42 Å². The molecule has 0 unspecified atom stereocenters. The maximum absolute atomic E-state index is 13.0. The molecular formula is C23H32N2O3S. The molecule has 6 heteroatoms. The van der Waals surface area contributed by atoms with Crippen LogP contribution in [0.1, 0.15) is 49.4 Å². The van der Waals surface area contributed by atoms with Crippen molar-refractivity contribution in [2.75, 3.05) is 25.1 Å². The van der Waals surface area contributed by atoms with Gasteiger partial charge in [-0.3, -0.25) is 0 Å². The molecule has 1 aliphatic heterocycles. The zero-order valence-corrected chi connectivity index (χ0v) is 18.8. The molecule has 2 aromatic rings. The van der Waals surface area contributed by atoms with Crippen molar-refractivity contribution in [3.63, 3.8) is 0 Å². The molecule has 0 saturated carbocycles. The van der Waals surface area contributed by atoms with Gasteiger partial charge in [-0.05, 0) is 80.5 Å².